The maximum atomic E-state index is 12.8. The van der Waals surface area contributed by atoms with Gasteiger partial charge >= 0.3 is 5.97 Å². The number of likely N-dealkylation sites (N-methyl/N-ethyl adjacent to an activating group) is 1. The fourth-order valence-electron chi connectivity index (χ4n) is 3.19. The zero-order valence-corrected chi connectivity index (χ0v) is 18.8. The Morgan fingerprint density at radius 2 is 1.87 bits per heavy atom. The lowest BCUT2D eigenvalue weighted by Gasteiger charge is -2.22. The van der Waals surface area contributed by atoms with Crippen LogP contribution >= 0.6 is 11.8 Å². The Labute approximate surface area is 186 Å². The van der Waals surface area contributed by atoms with Crippen molar-refractivity contribution >= 4 is 46.3 Å². The largest absolute Gasteiger partial charge is 0.496 e. The lowest BCUT2D eigenvalue weighted by atomic mass is 10.1. The van der Waals surface area contributed by atoms with E-state index in [-0.39, 0.29) is 11.5 Å². The summed E-state index contributed by atoms with van der Waals surface area (Å²) in [5, 5.41) is 9.54. The number of rotatable bonds is 7. The highest BCUT2D eigenvalue weighted by Crippen LogP contribution is 2.35. The van der Waals surface area contributed by atoms with E-state index in [2.05, 4.69) is 23.7 Å². The van der Waals surface area contributed by atoms with Crippen molar-refractivity contribution in [2.75, 3.05) is 32.1 Å². The normalized spacial score (nSPS) is 16.3. The number of aliphatic imine (C=N–C) groups is 1. The second-order valence-electron chi connectivity index (χ2n) is 6.82. The number of hydrogen-bond donors (Lipinski definition) is 1. The van der Waals surface area contributed by atoms with Crippen molar-refractivity contribution in [3.05, 3.63) is 58.5 Å². The zero-order valence-electron chi connectivity index (χ0n) is 18.0. The standard InChI is InChI=1S/C23H25N3O4S/c1-5-26(6-2)18-12-9-16(19(14-18)30-4)13-20-21(27)25(3)23(31-20)24-17-10-7-15(8-11-17)22(28)29/h7-14H,5-6H2,1-4H3,(H,28,29). The first kappa shape index (κ1) is 22.4. The van der Waals surface area contributed by atoms with E-state index in [1.54, 1.807) is 26.3 Å². The molecule has 0 spiro atoms. The van der Waals surface area contributed by atoms with E-state index in [1.807, 2.05) is 24.3 Å². The monoisotopic (exact) mass is 439 g/mol. The third-order valence-electron chi connectivity index (χ3n) is 4.97. The predicted molar refractivity (Wildman–Crippen MR) is 125 cm³/mol. The van der Waals surface area contributed by atoms with Gasteiger partial charge in [-0.05, 0) is 68.1 Å². The summed E-state index contributed by atoms with van der Waals surface area (Å²) in [4.78, 5) is 32.5. The van der Waals surface area contributed by atoms with Gasteiger partial charge in [-0.25, -0.2) is 9.79 Å². The highest BCUT2D eigenvalue weighted by atomic mass is 32.2. The summed E-state index contributed by atoms with van der Waals surface area (Å²) in [7, 11) is 3.29. The van der Waals surface area contributed by atoms with Gasteiger partial charge in [0.25, 0.3) is 5.91 Å². The number of carboxylic acids is 1. The molecule has 3 rings (SSSR count). The van der Waals surface area contributed by atoms with Crippen molar-refractivity contribution in [2.45, 2.75) is 13.8 Å². The smallest absolute Gasteiger partial charge is 0.335 e. The van der Waals surface area contributed by atoms with E-state index < -0.39 is 5.97 Å². The molecule has 8 heteroatoms. The van der Waals surface area contributed by atoms with Crippen LogP contribution in [-0.4, -0.2) is 54.3 Å². The molecule has 1 aliphatic heterocycles. The molecule has 1 aliphatic rings. The third kappa shape index (κ3) is 4.91. The molecule has 1 heterocycles. The Kier molecular flexibility index (Phi) is 7.02. The van der Waals surface area contributed by atoms with Crippen LogP contribution in [0.1, 0.15) is 29.8 Å². The minimum atomic E-state index is -0.993. The third-order valence-corrected chi connectivity index (χ3v) is 6.03. The highest BCUT2D eigenvalue weighted by molar-refractivity contribution is 8.18. The van der Waals surface area contributed by atoms with Gasteiger partial charge in [0.15, 0.2) is 5.17 Å². The maximum absolute atomic E-state index is 12.8. The van der Waals surface area contributed by atoms with E-state index in [1.165, 1.54) is 28.8 Å². The van der Waals surface area contributed by atoms with E-state index in [4.69, 9.17) is 9.84 Å². The first-order valence-electron chi connectivity index (χ1n) is 9.90. The van der Waals surface area contributed by atoms with Crippen molar-refractivity contribution in [2.24, 2.45) is 4.99 Å². The Morgan fingerprint density at radius 1 is 1.19 bits per heavy atom. The first-order chi connectivity index (χ1) is 14.9. The molecular formula is C23H25N3O4S. The molecule has 1 fully saturated rings. The number of carbonyl (C=O) groups excluding carboxylic acids is 1. The lowest BCUT2D eigenvalue weighted by molar-refractivity contribution is -0.121. The molecule has 2 aromatic rings. The minimum Gasteiger partial charge on any atom is -0.496 e. The number of nitrogens with zero attached hydrogens (tertiary/aromatic N) is 3. The summed E-state index contributed by atoms with van der Waals surface area (Å²) in [6, 6.07) is 12.2. The average Bonchev–Trinajstić information content (AvgIpc) is 3.03. The van der Waals surface area contributed by atoms with Gasteiger partial charge in [-0.2, -0.15) is 0 Å². The average molecular weight is 440 g/mol. The zero-order chi connectivity index (χ0) is 22.5. The van der Waals surface area contributed by atoms with Crippen LogP contribution in [0.15, 0.2) is 52.4 Å². The summed E-state index contributed by atoms with van der Waals surface area (Å²) in [5.41, 5.74) is 2.65. The van der Waals surface area contributed by atoms with E-state index in [0.29, 0.717) is 21.5 Å². The predicted octanol–water partition coefficient (Wildman–Crippen LogP) is 4.47. The number of ether oxygens (including phenoxy) is 1. The number of anilines is 1. The summed E-state index contributed by atoms with van der Waals surface area (Å²) >= 11 is 1.27. The fourth-order valence-corrected chi connectivity index (χ4v) is 4.16. The number of amides is 1. The molecule has 0 radical (unpaired) electrons. The van der Waals surface area contributed by atoms with E-state index >= 15 is 0 Å². The van der Waals surface area contributed by atoms with Crippen LogP contribution in [-0.2, 0) is 4.79 Å². The Hall–Kier alpha value is -3.26. The van der Waals surface area contributed by atoms with E-state index in [0.717, 1.165) is 24.3 Å². The van der Waals surface area contributed by atoms with Gasteiger partial charge in [-0.1, -0.05) is 0 Å². The van der Waals surface area contributed by atoms with Crippen LogP contribution in [0, 0.1) is 0 Å². The second-order valence-corrected chi connectivity index (χ2v) is 7.83. The number of carbonyl (C=O) groups is 2. The number of benzene rings is 2. The van der Waals surface area contributed by atoms with E-state index in [9.17, 15) is 9.59 Å². The summed E-state index contributed by atoms with van der Waals surface area (Å²) in [6.45, 7) is 6.00. The SMILES string of the molecule is CCN(CC)c1ccc(C=C2SC(=Nc3ccc(C(=O)O)cc3)N(C)C2=O)c(OC)c1. The molecule has 1 amide bonds. The molecule has 162 valence electrons. The molecule has 0 atom stereocenters. The summed E-state index contributed by atoms with van der Waals surface area (Å²) < 4.78 is 5.57. The van der Waals surface area contributed by atoms with Gasteiger partial charge in [0, 0.05) is 37.5 Å². The van der Waals surface area contributed by atoms with Crippen molar-refractivity contribution < 1.29 is 19.4 Å². The van der Waals surface area contributed by atoms with Crippen LogP contribution in [0.3, 0.4) is 0 Å². The van der Waals surface area contributed by atoms with Crippen molar-refractivity contribution in [1.29, 1.82) is 0 Å². The summed E-state index contributed by atoms with van der Waals surface area (Å²) in [5.74, 6) is -0.448. The van der Waals surface area contributed by atoms with Crippen LogP contribution in [0.5, 0.6) is 5.75 Å². The highest BCUT2D eigenvalue weighted by Gasteiger charge is 2.30. The molecule has 1 saturated heterocycles. The van der Waals surface area contributed by atoms with Gasteiger partial charge in [0.1, 0.15) is 5.75 Å². The van der Waals surface area contributed by atoms with Gasteiger partial charge in [-0.15, -0.1) is 0 Å². The van der Waals surface area contributed by atoms with Crippen LogP contribution in [0.2, 0.25) is 0 Å². The molecule has 0 aromatic heterocycles. The fraction of sp³-hybridized carbons (Fsp3) is 0.261. The first-order valence-corrected chi connectivity index (χ1v) is 10.7. The molecule has 0 bridgehead atoms. The number of methoxy groups -OCH3 is 1. The van der Waals surface area contributed by atoms with Crippen LogP contribution < -0.4 is 9.64 Å². The molecular weight excluding hydrogens is 414 g/mol. The molecule has 31 heavy (non-hydrogen) atoms. The molecule has 7 nitrogen and oxygen atoms in total. The minimum absolute atomic E-state index is 0.152. The van der Waals surface area contributed by atoms with Crippen LogP contribution in [0.25, 0.3) is 6.08 Å². The number of aromatic carboxylic acids is 1. The molecule has 1 N–H and O–H groups in total. The van der Waals surface area contributed by atoms with Crippen molar-refractivity contribution in [1.82, 2.24) is 4.90 Å². The van der Waals surface area contributed by atoms with Gasteiger partial charge in [-0.3, -0.25) is 9.69 Å². The van der Waals surface area contributed by atoms with Gasteiger partial charge in [0.05, 0.1) is 23.3 Å². The lowest BCUT2D eigenvalue weighted by Crippen LogP contribution is -2.23. The Balaban J connectivity index is 1.88. The topological polar surface area (TPSA) is 82.4 Å². The Bertz CT molecular complexity index is 1040. The quantitative estimate of drug-likeness (QED) is 0.641. The number of amidine groups is 1. The maximum Gasteiger partial charge on any atom is 0.335 e. The van der Waals surface area contributed by atoms with Crippen LogP contribution in [0.4, 0.5) is 11.4 Å². The number of carboxylic acid groups (broad SMARTS) is 1. The van der Waals surface area contributed by atoms with Crippen molar-refractivity contribution in [3.8, 4) is 5.75 Å². The molecule has 2 aromatic carbocycles. The number of thioether (sulfide) groups is 1. The molecule has 0 unspecified atom stereocenters. The Morgan fingerprint density at radius 3 is 2.45 bits per heavy atom. The van der Waals surface area contributed by atoms with Crippen molar-refractivity contribution in [3.63, 3.8) is 0 Å². The molecule has 0 saturated carbocycles. The van der Waals surface area contributed by atoms with Gasteiger partial charge < -0.3 is 14.7 Å². The van der Waals surface area contributed by atoms with Gasteiger partial charge in [0.2, 0.25) is 0 Å². The second kappa shape index (κ2) is 9.70. The molecule has 0 aliphatic carbocycles. The number of hydrogen-bond acceptors (Lipinski definition) is 6. The summed E-state index contributed by atoms with van der Waals surface area (Å²) in [6.07, 6.45) is 1.81.